The third kappa shape index (κ3) is 4.62. The van der Waals surface area contributed by atoms with Gasteiger partial charge in [0.05, 0.1) is 25.7 Å². The summed E-state index contributed by atoms with van der Waals surface area (Å²) in [6.07, 6.45) is 0.314. The average molecular weight is 259 g/mol. The summed E-state index contributed by atoms with van der Waals surface area (Å²) in [5.74, 6) is -0.793. The van der Waals surface area contributed by atoms with Gasteiger partial charge in [0.15, 0.2) is 0 Å². The van der Waals surface area contributed by atoms with Crippen LogP contribution in [0, 0.1) is 5.92 Å². The van der Waals surface area contributed by atoms with Crippen molar-refractivity contribution >= 4 is 11.9 Å². The van der Waals surface area contributed by atoms with Crippen molar-refractivity contribution < 1.29 is 24.2 Å². The predicted molar refractivity (Wildman–Crippen MR) is 64.2 cm³/mol. The summed E-state index contributed by atoms with van der Waals surface area (Å²) in [7, 11) is 1.60. The molecule has 0 aromatic heterocycles. The summed E-state index contributed by atoms with van der Waals surface area (Å²) >= 11 is 0. The number of nitrogens with zero attached hydrogens (tertiary/aromatic N) is 1. The van der Waals surface area contributed by atoms with Gasteiger partial charge in [0.25, 0.3) is 0 Å². The van der Waals surface area contributed by atoms with Crippen LogP contribution in [0.15, 0.2) is 0 Å². The minimum atomic E-state index is -0.909. The van der Waals surface area contributed by atoms with Gasteiger partial charge in [-0.3, -0.25) is 9.59 Å². The summed E-state index contributed by atoms with van der Waals surface area (Å²) in [5, 5.41) is 8.82. The summed E-state index contributed by atoms with van der Waals surface area (Å²) < 4.78 is 10.2. The van der Waals surface area contributed by atoms with Gasteiger partial charge in [0, 0.05) is 26.7 Å². The second kappa shape index (κ2) is 7.33. The van der Waals surface area contributed by atoms with Crippen LogP contribution in [-0.4, -0.2) is 61.4 Å². The number of carboxylic acids is 1. The molecular weight excluding hydrogens is 238 g/mol. The maximum Gasteiger partial charge on any atom is 0.305 e. The minimum Gasteiger partial charge on any atom is -0.481 e. The summed E-state index contributed by atoms with van der Waals surface area (Å²) in [6, 6.07) is -0.349. The predicted octanol–water partition coefficient (Wildman–Crippen LogP) is 0.361. The molecule has 2 atom stereocenters. The highest BCUT2D eigenvalue weighted by Crippen LogP contribution is 2.15. The van der Waals surface area contributed by atoms with Crippen LogP contribution in [0.4, 0.5) is 0 Å². The molecule has 2 unspecified atom stereocenters. The number of hydrogen-bond acceptors (Lipinski definition) is 4. The zero-order valence-corrected chi connectivity index (χ0v) is 10.9. The SMILES string of the molecule is COCC(C)CC(=O)N1CCOCC1CC(=O)O. The van der Waals surface area contributed by atoms with Crippen LogP contribution in [0.25, 0.3) is 0 Å². The van der Waals surface area contributed by atoms with Crippen molar-refractivity contribution in [2.45, 2.75) is 25.8 Å². The first-order valence-corrected chi connectivity index (χ1v) is 6.12. The lowest BCUT2D eigenvalue weighted by molar-refractivity contribution is -0.147. The van der Waals surface area contributed by atoms with Crippen LogP contribution in [-0.2, 0) is 19.1 Å². The Kier molecular flexibility index (Phi) is 6.07. The minimum absolute atomic E-state index is 0.0194. The van der Waals surface area contributed by atoms with Crippen LogP contribution in [0.1, 0.15) is 19.8 Å². The molecule has 1 rings (SSSR count). The molecule has 6 heteroatoms. The average Bonchev–Trinajstić information content (AvgIpc) is 2.28. The van der Waals surface area contributed by atoms with E-state index in [9.17, 15) is 9.59 Å². The number of hydrogen-bond donors (Lipinski definition) is 1. The molecule has 1 saturated heterocycles. The van der Waals surface area contributed by atoms with Gasteiger partial charge in [-0.05, 0) is 5.92 Å². The molecule has 0 aromatic carbocycles. The lowest BCUT2D eigenvalue weighted by Crippen LogP contribution is -2.50. The quantitative estimate of drug-likeness (QED) is 0.745. The van der Waals surface area contributed by atoms with Crippen LogP contribution in [0.5, 0.6) is 0 Å². The van der Waals surface area contributed by atoms with Crippen molar-refractivity contribution in [3.8, 4) is 0 Å². The molecule has 0 saturated carbocycles. The van der Waals surface area contributed by atoms with Gasteiger partial charge in [-0.15, -0.1) is 0 Å². The molecule has 0 spiro atoms. The van der Waals surface area contributed by atoms with Gasteiger partial charge in [0.2, 0.25) is 5.91 Å². The van der Waals surface area contributed by atoms with E-state index in [1.165, 1.54) is 0 Å². The van der Waals surface area contributed by atoms with Gasteiger partial charge >= 0.3 is 5.97 Å². The van der Waals surface area contributed by atoms with Gasteiger partial charge in [-0.1, -0.05) is 6.92 Å². The fourth-order valence-electron chi connectivity index (χ4n) is 2.11. The Morgan fingerprint density at radius 2 is 2.28 bits per heavy atom. The van der Waals surface area contributed by atoms with Crippen molar-refractivity contribution in [3.63, 3.8) is 0 Å². The Bertz CT molecular complexity index is 294. The number of carbonyl (C=O) groups is 2. The van der Waals surface area contributed by atoms with Gasteiger partial charge < -0.3 is 19.5 Å². The molecule has 0 aromatic rings. The van der Waals surface area contributed by atoms with E-state index >= 15 is 0 Å². The number of amides is 1. The van der Waals surface area contributed by atoms with Crippen molar-refractivity contribution in [1.29, 1.82) is 0 Å². The first kappa shape index (κ1) is 14.9. The molecule has 1 N–H and O–H groups in total. The Hall–Kier alpha value is -1.14. The molecular formula is C12H21NO5. The van der Waals surface area contributed by atoms with E-state index in [1.807, 2.05) is 6.92 Å². The smallest absolute Gasteiger partial charge is 0.305 e. The standard InChI is InChI=1S/C12H21NO5/c1-9(7-17-2)5-11(14)13-3-4-18-8-10(13)6-12(15)16/h9-10H,3-8H2,1-2H3,(H,15,16). The van der Waals surface area contributed by atoms with Crippen molar-refractivity contribution in [2.75, 3.05) is 33.5 Å². The number of aliphatic carboxylic acids is 1. The monoisotopic (exact) mass is 259 g/mol. The molecule has 1 amide bonds. The zero-order valence-electron chi connectivity index (χ0n) is 10.9. The maximum atomic E-state index is 12.1. The van der Waals surface area contributed by atoms with Crippen LogP contribution >= 0.6 is 0 Å². The molecule has 1 fully saturated rings. The first-order chi connectivity index (χ1) is 8.54. The van der Waals surface area contributed by atoms with E-state index in [1.54, 1.807) is 12.0 Å². The third-order valence-corrected chi connectivity index (χ3v) is 2.93. The van der Waals surface area contributed by atoms with Crippen molar-refractivity contribution in [1.82, 2.24) is 4.90 Å². The molecule has 1 aliphatic heterocycles. The van der Waals surface area contributed by atoms with E-state index in [2.05, 4.69) is 0 Å². The number of carbonyl (C=O) groups excluding carboxylic acids is 1. The van der Waals surface area contributed by atoms with Crippen LogP contribution in [0.2, 0.25) is 0 Å². The third-order valence-electron chi connectivity index (χ3n) is 2.93. The molecule has 0 aliphatic carbocycles. The Balaban J connectivity index is 2.54. The molecule has 0 radical (unpaired) electrons. The number of methoxy groups -OCH3 is 1. The van der Waals surface area contributed by atoms with Gasteiger partial charge in [0.1, 0.15) is 0 Å². The number of ether oxygens (including phenoxy) is 2. The molecule has 0 bridgehead atoms. The highest BCUT2D eigenvalue weighted by Gasteiger charge is 2.29. The Morgan fingerprint density at radius 1 is 1.56 bits per heavy atom. The van der Waals surface area contributed by atoms with E-state index in [-0.39, 0.29) is 24.3 Å². The lowest BCUT2D eigenvalue weighted by atomic mass is 10.1. The summed E-state index contributed by atoms with van der Waals surface area (Å²) in [4.78, 5) is 24.5. The van der Waals surface area contributed by atoms with E-state index < -0.39 is 5.97 Å². The lowest BCUT2D eigenvalue weighted by Gasteiger charge is -2.35. The number of rotatable bonds is 6. The molecule has 1 aliphatic rings. The number of morpholine rings is 1. The fourth-order valence-corrected chi connectivity index (χ4v) is 2.11. The number of carboxylic acid groups (broad SMARTS) is 1. The van der Waals surface area contributed by atoms with E-state index in [0.717, 1.165) is 0 Å². The first-order valence-electron chi connectivity index (χ1n) is 6.12. The second-order valence-electron chi connectivity index (χ2n) is 4.68. The highest BCUT2D eigenvalue weighted by molar-refractivity contribution is 5.78. The van der Waals surface area contributed by atoms with Crippen molar-refractivity contribution in [3.05, 3.63) is 0 Å². The van der Waals surface area contributed by atoms with Crippen LogP contribution in [0.3, 0.4) is 0 Å². The van der Waals surface area contributed by atoms with Crippen molar-refractivity contribution in [2.24, 2.45) is 5.92 Å². The van der Waals surface area contributed by atoms with Gasteiger partial charge in [-0.25, -0.2) is 0 Å². The zero-order chi connectivity index (χ0) is 13.5. The highest BCUT2D eigenvalue weighted by atomic mass is 16.5. The molecule has 18 heavy (non-hydrogen) atoms. The second-order valence-corrected chi connectivity index (χ2v) is 4.68. The van der Waals surface area contributed by atoms with E-state index in [4.69, 9.17) is 14.6 Å². The Morgan fingerprint density at radius 3 is 2.89 bits per heavy atom. The normalized spacial score (nSPS) is 21.7. The van der Waals surface area contributed by atoms with Crippen LogP contribution < -0.4 is 0 Å². The fraction of sp³-hybridized carbons (Fsp3) is 0.833. The summed E-state index contributed by atoms with van der Waals surface area (Å²) in [5.41, 5.74) is 0. The van der Waals surface area contributed by atoms with E-state index in [0.29, 0.717) is 32.8 Å². The maximum absolute atomic E-state index is 12.1. The van der Waals surface area contributed by atoms with Gasteiger partial charge in [-0.2, -0.15) is 0 Å². The molecule has 6 nitrogen and oxygen atoms in total. The Labute approximate surface area is 107 Å². The topological polar surface area (TPSA) is 76.1 Å². The molecule has 1 heterocycles. The summed E-state index contributed by atoms with van der Waals surface area (Å²) in [6.45, 7) is 3.71. The molecule has 104 valence electrons. The largest absolute Gasteiger partial charge is 0.481 e.